The molecule has 0 bridgehead atoms. The number of carbonyl (C=O) groups is 1. The molecule has 0 saturated heterocycles. The summed E-state index contributed by atoms with van der Waals surface area (Å²) < 4.78 is 0.708. The standard InChI is InChI=1S/C11H7BrClN3O/c12-8-4-2-1-3-7(8)10(17)16-11-14-6-5-9(13)15-11/h1-6H,(H,14,15,16,17). The minimum Gasteiger partial charge on any atom is -0.290 e. The van der Waals surface area contributed by atoms with Gasteiger partial charge in [-0.15, -0.1) is 0 Å². The van der Waals surface area contributed by atoms with Crippen LogP contribution in [0.15, 0.2) is 41.0 Å². The highest BCUT2D eigenvalue weighted by Crippen LogP contribution is 2.17. The van der Waals surface area contributed by atoms with E-state index in [-0.39, 0.29) is 17.0 Å². The monoisotopic (exact) mass is 311 g/mol. The lowest BCUT2D eigenvalue weighted by molar-refractivity contribution is 0.102. The molecule has 6 heteroatoms. The number of aromatic nitrogens is 2. The molecule has 0 fully saturated rings. The van der Waals surface area contributed by atoms with Crippen LogP contribution in [-0.4, -0.2) is 15.9 Å². The van der Waals surface area contributed by atoms with Crippen molar-refractivity contribution in [2.24, 2.45) is 0 Å². The molecule has 1 heterocycles. The van der Waals surface area contributed by atoms with Crippen LogP contribution in [0, 0.1) is 0 Å². The van der Waals surface area contributed by atoms with Gasteiger partial charge in [0.05, 0.1) is 5.56 Å². The maximum absolute atomic E-state index is 11.9. The van der Waals surface area contributed by atoms with Crippen LogP contribution in [-0.2, 0) is 0 Å². The maximum atomic E-state index is 11.9. The Morgan fingerprint density at radius 3 is 2.76 bits per heavy atom. The fourth-order valence-corrected chi connectivity index (χ4v) is 1.81. The molecule has 1 N–H and O–H groups in total. The molecule has 0 aliphatic rings. The predicted molar refractivity (Wildman–Crippen MR) is 69.1 cm³/mol. The summed E-state index contributed by atoms with van der Waals surface area (Å²) in [5.74, 6) is -0.113. The van der Waals surface area contributed by atoms with E-state index in [1.54, 1.807) is 18.2 Å². The van der Waals surface area contributed by atoms with E-state index in [4.69, 9.17) is 11.6 Å². The fraction of sp³-hybridized carbons (Fsp3) is 0. The van der Waals surface area contributed by atoms with Gasteiger partial charge in [-0.1, -0.05) is 23.7 Å². The van der Waals surface area contributed by atoms with Gasteiger partial charge in [0.15, 0.2) is 0 Å². The van der Waals surface area contributed by atoms with Crippen LogP contribution < -0.4 is 5.32 Å². The van der Waals surface area contributed by atoms with Crippen LogP contribution in [0.4, 0.5) is 5.95 Å². The Kier molecular flexibility index (Phi) is 3.71. The average molecular weight is 313 g/mol. The molecule has 0 unspecified atom stereocenters. The molecule has 0 radical (unpaired) electrons. The molecule has 2 rings (SSSR count). The minimum atomic E-state index is -0.292. The van der Waals surface area contributed by atoms with Crippen LogP contribution in [0.5, 0.6) is 0 Å². The SMILES string of the molecule is O=C(Nc1nccc(Cl)n1)c1ccccc1Br. The largest absolute Gasteiger partial charge is 0.290 e. The van der Waals surface area contributed by atoms with Crippen LogP contribution in [0.2, 0.25) is 5.15 Å². The van der Waals surface area contributed by atoms with Crippen molar-refractivity contribution in [1.82, 2.24) is 9.97 Å². The third-order valence-corrected chi connectivity index (χ3v) is 2.87. The van der Waals surface area contributed by atoms with E-state index in [1.165, 1.54) is 12.3 Å². The number of amides is 1. The first kappa shape index (κ1) is 12.0. The van der Waals surface area contributed by atoms with Crippen molar-refractivity contribution >= 4 is 39.4 Å². The van der Waals surface area contributed by atoms with Crippen molar-refractivity contribution in [2.45, 2.75) is 0 Å². The van der Waals surface area contributed by atoms with Gasteiger partial charge in [-0.3, -0.25) is 10.1 Å². The number of halogens is 2. The molecule has 17 heavy (non-hydrogen) atoms. The van der Waals surface area contributed by atoms with Gasteiger partial charge >= 0.3 is 0 Å². The molecule has 86 valence electrons. The molecule has 0 atom stereocenters. The first-order chi connectivity index (χ1) is 8.16. The van der Waals surface area contributed by atoms with Crippen molar-refractivity contribution in [1.29, 1.82) is 0 Å². The van der Waals surface area contributed by atoms with E-state index in [2.05, 4.69) is 31.2 Å². The highest BCUT2D eigenvalue weighted by molar-refractivity contribution is 9.10. The second-order valence-corrected chi connectivity index (χ2v) is 4.38. The number of anilines is 1. The summed E-state index contributed by atoms with van der Waals surface area (Å²) >= 11 is 8.99. The van der Waals surface area contributed by atoms with Gasteiger partial charge in [-0.2, -0.15) is 0 Å². The highest BCUT2D eigenvalue weighted by Gasteiger charge is 2.10. The van der Waals surface area contributed by atoms with E-state index in [1.807, 2.05) is 6.07 Å². The van der Waals surface area contributed by atoms with Crippen molar-refractivity contribution in [2.75, 3.05) is 5.32 Å². The van der Waals surface area contributed by atoms with Gasteiger partial charge in [0.2, 0.25) is 5.95 Å². The summed E-state index contributed by atoms with van der Waals surface area (Å²) in [5.41, 5.74) is 0.510. The molecule has 0 spiro atoms. The Balaban J connectivity index is 2.20. The zero-order valence-electron chi connectivity index (χ0n) is 8.52. The average Bonchev–Trinajstić information content (AvgIpc) is 2.29. The Bertz CT molecular complexity index is 562. The Morgan fingerprint density at radius 1 is 1.29 bits per heavy atom. The van der Waals surface area contributed by atoms with Gasteiger partial charge in [-0.25, -0.2) is 9.97 Å². The molecule has 0 aliphatic carbocycles. The zero-order chi connectivity index (χ0) is 12.3. The molecule has 4 nitrogen and oxygen atoms in total. The van der Waals surface area contributed by atoms with E-state index in [0.29, 0.717) is 10.0 Å². The van der Waals surface area contributed by atoms with Crippen LogP contribution in [0.1, 0.15) is 10.4 Å². The number of carbonyl (C=O) groups excluding carboxylic acids is 1. The molecular formula is C11H7BrClN3O. The summed E-state index contributed by atoms with van der Waals surface area (Å²) in [4.78, 5) is 19.6. The molecule has 2 aromatic rings. The smallest absolute Gasteiger partial charge is 0.259 e. The first-order valence-corrected chi connectivity index (χ1v) is 5.88. The summed E-state index contributed by atoms with van der Waals surface area (Å²) in [5, 5.41) is 2.84. The molecular weight excluding hydrogens is 305 g/mol. The van der Waals surface area contributed by atoms with Crippen molar-refractivity contribution in [3.8, 4) is 0 Å². The number of rotatable bonds is 2. The second kappa shape index (κ2) is 5.25. The van der Waals surface area contributed by atoms with E-state index in [0.717, 1.165) is 0 Å². The topological polar surface area (TPSA) is 54.9 Å². The first-order valence-electron chi connectivity index (χ1n) is 4.71. The predicted octanol–water partition coefficient (Wildman–Crippen LogP) is 3.14. The van der Waals surface area contributed by atoms with Crippen LogP contribution in [0.25, 0.3) is 0 Å². The number of hydrogen-bond acceptors (Lipinski definition) is 3. The lowest BCUT2D eigenvalue weighted by atomic mass is 10.2. The van der Waals surface area contributed by atoms with Gasteiger partial charge in [0.1, 0.15) is 5.15 Å². The zero-order valence-corrected chi connectivity index (χ0v) is 10.9. The van der Waals surface area contributed by atoms with Gasteiger partial charge in [0, 0.05) is 10.7 Å². The Hall–Kier alpha value is -1.46. The van der Waals surface area contributed by atoms with Gasteiger partial charge in [0.25, 0.3) is 5.91 Å². The molecule has 1 aromatic heterocycles. The van der Waals surface area contributed by atoms with Crippen molar-refractivity contribution in [3.63, 3.8) is 0 Å². The van der Waals surface area contributed by atoms with E-state index >= 15 is 0 Å². The third-order valence-electron chi connectivity index (χ3n) is 1.97. The summed E-state index contributed by atoms with van der Waals surface area (Å²) in [6.07, 6.45) is 1.48. The Morgan fingerprint density at radius 2 is 2.06 bits per heavy atom. The maximum Gasteiger partial charge on any atom is 0.259 e. The lowest BCUT2D eigenvalue weighted by Gasteiger charge is -2.04. The van der Waals surface area contributed by atoms with Crippen molar-refractivity contribution in [3.05, 3.63) is 51.7 Å². The number of nitrogens with one attached hydrogen (secondary N) is 1. The normalized spacial score (nSPS) is 10.0. The van der Waals surface area contributed by atoms with Crippen molar-refractivity contribution < 1.29 is 4.79 Å². The van der Waals surface area contributed by atoms with E-state index < -0.39 is 0 Å². The molecule has 0 aliphatic heterocycles. The molecule has 0 saturated carbocycles. The number of benzene rings is 1. The summed E-state index contributed by atoms with van der Waals surface area (Å²) in [7, 11) is 0. The van der Waals surface area contributed by atoms with Gasteiger partial charge in [-0.05, 0) is 34.1 Å². The summed E-state index contributed by atoms with van der Waals surface area (Å²) in [6, 6.07) is 8.63. The Labute approximate surface area is 111 Å². The van der Waals surface area contributed by atoms with Gasteiger partial charge < -0.3 is 0 Å². The van der Waals surface area contributed by atoms with Crippen LogP contribution in [0.3, 0.4) is 0 Å². The third kappa shape index (κ3) is 3.01. The fourth-order valence-electron chi connectivity index (χ4n) is 1.21. The number of nitrogens with zero attached hydrogens (tertiary/aromatic N) is 2. The lowest BCUT2D eigenvalue weighted by Crippen LogP contribution is -2.14. The molecule has 1 aromatic carbocycles. The minimum absolute atomic E-state index is 0.179. The second-order valence-electron chi connectivity index (χ2n) is 3.14. The molecule has 1 amide bonds. The summed E-state index contributed by atoms with van der Waals surface area (Å²) in [6.45, 7) is 0. The number of hydrogen-bond donors (Lipinski definition) is 1. The quantitative estimate of drug-likeness (QED) is 0.867. The highest BCUT2D eigenvalue weighted by atomic mass is 79.9. The van der Waals surface area contributed by atoms with Crippen LogP contribution >= 0.6 is 27.5 Å². The van der Waals surface area contributed by atoms with E-state index in [9.17, 15) is 4.79 Å².